The third-order valence-corrected chi connectivity index (χ3v) is 6.96. The molecule has 29 heavy (non-hydrogen) atoms. The maximum absolute atomic E-state index is 5.16. The van der Waals surface area contributed by atoms with Gasteiger partial charge in [0, 0.05) is 16.7 Å². The molecule has 3 nitrogen and oxygen atoms in total. The average Bonchev–Trinajstić information content (AvgIpc) is 3.18. The van der Waals surface area contributed by atoms with E-state index in [1.54, 1.807) is 23.1 Å². The van der Waals surface area contributed by atoms with E-state index in [1.165, 1.54) is 0 Å². The number of nitrogens with zero attached hydrogens (tertiary/aromatic N) is 3. The van der Waals surface area contributed by atoms with Gasteiger partial charge in [0.05, 0.1) is 0 Å². The zero-order chi connectivity index (χ0) is 19.6. The van der Waals surface area contributed by atoms with Crippen molar-refractivity contribution < 1.29 is 4.52 Å². The third-order valence-electron chi connectivity index (χ3n) is 4.71. The van der Waals surface area contributed by atoms with Crippen molar-refractivity contribution in [1.29, 1.82) is 0 Å². The van der Waals surface area contributed by atoms with Crippen molar-refractivity contribution >= 4 is 28.7 Å². The van der Waals surface area contributed by atoms with Crippen molar-refractivity contribution in [2.45, 2.75) is 4.34 Å². The molecule has 2 heterocycles. The van der Waals surface area contributed by atoms with E-state index in [0.29, 0.717) is 0 Å². The maximum atomic E-state index is 5.16. The molecule has 0 aliphatic rings. The van der Waals surface area contributed by atoms with E-state index in [0.717, 1.165) is 42.9 Å². The second-order valence-electron chi connectivity index (χ2n) is 6.54. The fourth-order valence-electron chi connectivity index (χ4n) is 3.34. The Morgan fingerprint density at radius 2 is 1.21 bits per heavy atom. The molecule has 0 saturated carbocycles. The van der Waals surface area contributed by atoms with Crippen LogP contribution in [0.25, 0.3) is 38.6 Å². The fourth-order valence-corrected chi connectivity index (χ4v) is 5.09. The Morgan fingerprint density at radius 1 is 0.690 bits per heavy atom. The van der Waals surface area contributed by atoms with Crippen molar-refractivity contribution in [2.24, 2.45) is 0 Å². The summed E-state index contributed by atoms with van der Waals surface area (Å²) in [4.78, 5) is 6.30. The van der Waals surface area contributed by atoms with E-state index < -0.39 is 0 Å². The Kier molecular flexibility index (Phi) is 4.84. The molecule has 0 spiro atoms. The van der Waals surface area contributed by atoms with Crippen LogP contribution in [0, 0.1) is 0 Å². The summed E-state index contributed by atoms with van der Waals surface area (Å²) >= 11 is 3.43. The van der Waals surface area contributed by atoms with Crippen molar-refractivity contribution in [1.82, 2.24) is 10.1 Å². The monoisotopic (exact) mass is 412 g/mol. The predicted octanol–water partition coefficient (Wildman–Crippen LogP) is 6.00. The smallest absolute Gasteiger partial charge is 0.0758 e. The van der Waals surface area contributed by atoms with E-state index in [4.69, 9.17) is 10.1 Å². The number of hydrogen-bond donors (Lipinski definition) is 0. The summed E-state index contributed by atoms with van der Waals surface area (Å²) < 4.78 is 3.11. The third kappa shape index (κ3) is 3.33. The molecule has 5 heteroatoms. The standard InChI is InChI=1S/C24H18N3S2/c1-28-24-27-23(22(29-24)19-15-9-4-10-16-19)25-20(17-11-5-2-6-12-17)21(26-27)18-13-7-3-8-14-18/h2-16H,1H3/q+1. The fraction of sp³-hybridized carbons (Fsp3) is 0.0417. The lowest BCUT2D eigenvalue weighted by Crippen LogP contribution is -2.29. The van der Waals surface area contributed by atoms with E-state index >= 15 is 0 Å². The summed E-state index contributed by atoms with van der Waals surface area (Å²) in [7, 11) is 0. The van der Waals surface area contributed by atoms with Gasteiger partial charge in [0.25, 0.3) is 0 Å². The molecule has 0 N–H and O–H groups in total. The molecule has 0 saturated heterocycles. The highest BCUT2D eigenvalue weighted by Gasteiger charge is 2.28. The summed E-state index contributed by atoms with van der Waals surface area (Å²) in [6.45, 7) is 0. The van der Waals surface area contributed by atoms with Gasteiger partial charge in [0.2, 0.25) is 10.0 Å². The van der Waals surface area contributed by atoms with Crippen LogP contribution in [0.15, 0.2) is 95.3 Å². The van der Waals surface area contributed by atoms with Crippen molar-refractivity contribution in [3.8, 4) is 33.0 Å². The first kappa shape index (κ1) is 18.0. The van der Waals surface area contributed by atoms with Crippen LogP contribution in [-0.2, 0) is 0 Å². The van der Waals surface area contributed by atoms with Crippen LogP contribution < -0.4 is 4.52 Å². The Hall–Kier alpha value is -3.02. The van der Waals surface area contributed by atoms with Crippen LogP contribution in [0.1, 0.15) is 0 Å². The van der Waals surface area contributed by atoms with Gasteiger partial charge in [0.1, 0.15) is 4.88 Å². The van der Waals surface area contributed by atoms with Gasteiger partial charge in [-0.2, -0.15) is 0 Å². The second-order valence-corrected chi connectivity index (χ2v) is 8.60. The van der Waals surface area contributed by atoms with Crippen LogP contribution >= 0.6 is 23.1 Å². The Morgan fingerprint density at radius 3 is 1.76 bits per heavy atom. The summed E-state index contributed by atoms with van der Waals surface area (Å²) in [5.74, 6) is 0. The van der Waals surface area contributed by atoms with E-state index in [9.17, 15) is 0 Å². The van der Waals surface area contributed by atoms with Crippen LogP contribution in [0.5, 0.6) is 0 Å². The summed E-state index contributed by atoms with van der Waals surface area (Å²) in [5.41, 5.74) is 5.98. The largest absolute Gasteiger partial charge is 0.368 e. The Bertz CT molecular complexity index is 1270. The first-order valence-electron chi connectivity index (χ1n) is 9.32. The molecule has 5 aromatic rings. The first-order chi connectivity index (χ1) is 14.3. The van der Waals surface area contributed by atoms with Crippen molar-refractivity contribution in [3.05, 3.63) is 91.0 Å². The number of thioether (sulfide) groups is 1. The zero-order valence-corrected chi connectivity index (χ0v) is 17.5. The van der Waals surface area contributed by atoms with Crippen molar-refractivity contribution in [3.63, 3.8) is 0 Å². The molecular weight excluding hydrogens is 394 g/mol. The minimum atomic E-state index is 0.891. The van der Waals surface area contributed by atoms with Crippen LogP contribution in [0.2, 0.25) is 0 Å². The van der Waals surface area contributed by atoms with Gasteiger partial charge in [-0.3, -0.25) is 0 Å². The topological polar surface area (TPSA) is 29.9 Å². The number of fused-ring (bicyclic) bond motifs is 1. The Labute approximate surface area is 177 Å². The summed E-state index contributed by atoms with van der Waals surface area (Å²) in [6, 6.07) is 31.0. The molecule has 0 unspecified atom stereocenters. The lowest BCUT2D eigenvalue weighted by Gasteiger charge is -2.04. The van der Waals surface area contributed by atoms with Crippen LogP contribution in [-0.4, -0.2) is 16.3 Å². The SMILES string of the molecule is CSc1sc(-c2ccccc2)c2nc(-c3ccccc3)c(-c3ccccc3)n[n+]12. The lowest BCUT2D eigenvalue weighted by molar-refractivity contribution is -0.614. The molecule has 3 aromatic carbocycles. The highest BCUT2D eigenvalue weighted by atomic mass is 32.2. The van der Waals surface area contributed by atoms with Gasteiger partial charge in [-0.05, 0) is 11.2 Å². The molecule has 2 aromatic heterocycles. The van der Waals surface area contributed by atoms with Gasteiger partial charge in [0.15, 0.2) is 5.69 Å². The number of rotatable bonds is 4. The lowest BCUT2D eigenvalue weighted by atomic mass is 10.0. The molecule has 5 rings (SSSR count). The van der Waals surface area contributed by atoms with E-state index in [1.807, 2.05) is 47.0 Å². The normalized spacial score (nSPS) is 11.1. The first-order valence-corrected chi connectivity index (χ1v) is 11.4. The molecule has 0 bridgehead atoms. The number of aromatic nitrogens is 3. The summed E-state index contributed by atoms with van der Waals surface area (Å²) in [6.07, 6.45) is 2.09. The highest BCUT2D eigenvalue weighted by Crippen LogP contribution is 2.35. The maximum Gasteiger partial charge on any atom is 0.368 e. The van der Waals surface area contributed by atoms with Crippen LogP contribution in [0.4, 0.5) is 0 Å². The number of hydrogen-bond acceptors (Lipinski definition) is 4. The Balaban J connectivity index is 1.85. The minimum absolute atomic E-state index is 0.891. The van der Waals surface area contributed by atoms with Gasteiger partial charge >= 0.3 is 5.65 Å². The molecule has 0 amide bonds. The second kappa shape index (κ2) is 7.78. The predicted molar refractivity (Wildman–Crippen MR) is 121 cm³/mol. The van der Waals surface area contributed by atoms with Gasteiger partial charge in [-0.25, -0.2) is 0 Å². The summed E-state index contributed by atoms with van der Waals surface area (Å²) in [5, 5.41) is 5.08. The molecule has 0 aliphatic heterocycles. The molecule has 0 aliphatic carbocycles. The molecule has 0 atom stereocenters. The molecule has 0 fully saturated rings. The molecule has 140 valence electrons. The average molecular weight is 413 g/mol. The van der Waals surface area contributed by atoms with Crippen molar-refractivity contribution in [2.75, 3.05) is 6.26 Å². The number of benzene rings is 3. The van der Waals surface area contributed by atoms with Gasteiger partial charge in [-0.15, -0.1) is 0 Å². The minimum Gasteiger partial charge on any atom is -0.0758 e. The van der Waals surface area contributed by atoms with E-state index in [2.05, 4.69) is 54.8 Å². The molecule has 0 radical (unpaired) electrons. The molecular formula is C24H18N3S2+. The van der Waals surface area contributed by atoms with Gasteiger partial charge < -0.3 is 0 Å². The quantitative estimate of drug-likeness (QED) is 0.268. The van der Waals surface area contributed by atoms with E-state index in [-0.39, 0.29) is 0 Å². The zero-order valence-electron chi connectivity index (χ0n) is 15.8. The van der Waals surface area contributed by atoms with Gasteiger partial charge in [-0.1, -0.05) is 124 Å². The highest BCUT2D eigenvalue weighted by molar-refractivity contribution is 8.00. The number of thiazole rings is 1. The van der Waals surface area contributed by atoms with Crippen LogP contribution in [0.3, 0.4) is 0 Å².